The molecule has 1 aliphatic heterocycles. The zero-order valence-corrected chi connectivity index (χ0v) is 11.4. The Morgan fingerprint density at radius 3 is 3.23 bits per heavy atom. The van der Waals surface area contributed by atoms with Crippen LogP contribution in [0.5, 0.6) is 0 Å². The summed E-state index contributed by atoms with van der Waals surface area (Å²) in [7, 11) is 0. The van der Waals surface area contributed by atoms with Crippen molar-refractivity contribution in [3.63, 3.8) is 0 Å². The lowest BCUT2D eigenvalue weighted by molar-refractivity contribution is 0.0691. The number of anilines is 1. The van der Waals surface area contributed by atoms with E-state index < -0.39 is 5.97 Å². The Morgan fingerprint density at radius 2 is 2.36 bits per heavy atom. The number of rotatable bonds is 3. The van der Waals surface area contributed by atoms with E-state index in [0.29, 0.717) is 17.9 Å². The minimum Gasteiger partial charge on any atom is -0.476 e. The van der Waals surface area contributed by atoms with Crippen LogP contribution >= 0.6 is 0 Å². The maximum atomic E-state index is 11.0. The molecular formula is C12H12N8O2. The Morgan fingerprint density at radius 1 is 1.45 bits per heavy atom. The molecule has 22 heavy (non-hydrogen) atoms. The van der Waals surface area contributed by atoms with Crippen LogP contribution in [0.15, 0.2) is 18.6 Å². The standard InChI is InChI=1S/C12H12N8O2/c21-12(22)8-6-19-4-2-13-10(11(19)15-8)14-7-1-3-20-9(5-7)16-17-18-20/h2,4,6-7H,1,3,5H2,(H,13,14)(H,21,22). The van der Waals surface area contributed by atoms with Crippen molar-refractivity contribution in [3.05, 3.63) is 30.1 Å². The molecule has 3 aromatic heterocycles. The molecule has 4 heterocycles. The Labute approximate surface area is 123 Å². The van der Waals surface area contributed by atoms with E-state index in [0.717, 1.165) is 18.8 Å². The van der Waals surface area contributed by atoms with Crippen LogP contribution in [0.1, 0.15) is 22.7 Å². The summed E-state index contributed by atoms with van der Waals surface area (Å²) in [5.41, 5.74) is 0.480. The summed E-state index contributed by atoms with van der Waals surface area (Å²) in [4.78, 5) is 19.4. The molecule has 0 bridgehead atoms. The Hall–Kier alpha value is -3.04. The number of aryl methyl sites for hydroxylation is 1. The van der Waals surface area contributed by atoms with Gasteiger partial charge in [-0.2, -0.15) is 0 Å². The topological polar surface area (TPSA) is 123 Å². The minimum atomic E-state index is -1.06. The molecule has 4 rings (SSSR count). The molecule has 0 radical (unpaired) electrons. The number of nitrogens with zero attached hydrogens (tertiary/aromatic N) is 7. The molecule has 1 aliphatic rings. The highest BCUT2D eigenvalue weighted by Gasteiger charge is 2.22. The van der Waals surface area contributed by atoms with Gasteiger partial charge >= 0.3 is 5.97 Å². The van der Waals surface area contributed by atoms with Gasteiger partial charge in [0.15, 0.2) is 23.0 Å². The molecule has 0 spiro atoms. The lowest BCUT2D eigenvalue weighted by Gasteiger charge is -2.23. The van der Waals surface area contributed by atoms with Crippen molar-refractivity contribution in [2.45, 2.75) is 25.4 Å². The van der Waals surface area contributed by atoms with E-state index in [1.165, 1.54) is 6.20 Å². The largest absolute Gasteiger partial charge is 0.476 e. The molecule has 112 valence electrons. The molecule has 0 aromatic carbocycles. The highest BCUT2D eigenvalue weighted by molar-refractivity contribution is 5.86. The molecule has 0 fully saturated rings. The summed E-state index contributed by atoms with van der Waals surface area (Å²) >= 11 is 0. The highest BCUT2D eigenvalue weighted by Crippen LogP contribution is 2.19. The molecule has 1 unspecified atom stereocenters. The van der Waals surface area contributed by atoms with Gasteiger partial charge in [0.2, 0.25) is 0 Å². The second-order valence-corrected chi connectivity index (χ2v) is 5.09. The van der Waals surface area contributed by atoms with Gasteiger partial charge in [0.1, 0.15) is 0 Å². The number of hydrogen-bond donors (Lipinski definition) is 2. The normalized spacial score (nSPS) is 17.4. The quantitative estimate of drug-likeness (QED) is 0.684. The van der Waals surface area contributed by atoms with Gasteiger partial charge in [0.05, 0.1) is 0 Å². The fourth-order valence-corrected chi connectivity index (χ4v) is 2.58. The van der Waals surface area contributed by atoms with Crippen LogP contribution in [0.25, 0.3) is 5.65 Å². The highest BCUT2D eigenvalue weighted by atomic mass is 16.4. The second-order valence-electron chi connectivity index (χ2n) is 5.09. The van der Waals surface area contributed by atoms with Crippen LogP contribution < -0.4 is 5.32 Å². The van der Waals surface area contributed by atoms with Crippen LogP contribution in [0, 0.1) is 0 Å². The number of carboxylic acids is 1. The van der Waals surface area contributed by atoms with E-state index in [1.807, 2.05) is 0 Å². The van der Waals surface area contributed by atoms with Gasteiger partial charge in [0.25, 0.3) is 0 Å². The van der Waals surface area contributed by atoms with Gasteiger partial charge in [0, 0.05) is 37.6 Å². The summed E-state index contributed by atoms with van der Waals surface area (Å²) in [5, 5.41) is 23.9. The number of aromatic carboxylic acids is 1. The Bertz CT molecular complexity index is 854. The molecule has 1 atom stereocenters. The van der Waals surface area contributed by atoms with Gasteiger partial charge in [-0.15, -0.1) is 5.10 Å². The number of fused-ring (bicyclic) bond motifs is 2. The van der Waals surface area contributed by atoms with Gasteiger partial charge < -0.3 is 14.8 Å². The van der Waals surface area contributed by atoms with Crippen molar-refractivity contribution in [2.24, 2.45) is 0 Å². The number of imidazole rings is 1. The van der Waals surface area contributed by atoms with Gasteiger partial charge in [-0.05, 0) is 16.8 Å². The first-order valence-corrected chi connectivity index (χ1v) is 6.79. The van der Waals surface area contributed by atoms with Crippen LogP contribution in [-0.4, -0.2) is 51.7 Å². The van der Waals surface area contributed by atoms with Gasteiger partial charge in [-0.3, -0.25) is 0 Å². The third-order valence-electron chi connectivity index (χ3n) is 3.66. The monoisotopic (exact) mass is 300 g/mol. The number of carbonyl (C=O) groups is 1. The predicted molar refractivity (Wildman–Crippen MR) is 73.5 cm³/mol. The molecule has 2 N–H and O–H groups in total. The molecule has 10 heteroatoms. The average molecular weight is 300 g/mol. The molecule has 3 aromatic rings. The first kappa shape index (κ1) is 12.7. The van der Waals surface area contributed by atoms with Gasteiger partial charge in [-0.1, -0.05) is 0 Å². The number of hydrogen-bond acceptors (Lipinski definition) is 7. The number of tetrazole rings is 1. The van der Waals surface area contributed by atoms with Crippen LogP contribution in [-0.2, 0) is 13.0 Å². The third kappa shape index (κ3) is 2.05. The van der Waals surface area contributed by atoms with E-state index in [9.17, 15) is 4.79 Å². The van der Waals surface area contributed by atoms with Gasteiger partial charge in [-0.25, -0.2) is 19.4 Å². The van der Waals surface area contributed by atoms with E-state index in [-0.39, 0.29) is 11.7 Å². The van der Waals surface area contributed by atoms with Crippen molar-refractivity contribution >= 4 is 17.4 Å². The predicted octanol–water partition coefficient (Wildman–Crippen LogP) is -0.159. The van der Waals surface area contributed by atoms with Crippen LogP contribution in [0.3, 0.4) is 0 Å². The summed E-state index contributed by atoms with van der Waals surface area (Å²) in [6.07, 6.45) is 6.28. The van der Waals surface area contributed by atoms with E-state index in [4.69, 9.17) is 5.11 Å². The Balaban J connectivity index is 1.63. The maximum Gasteiger partial charge on any atom is 0.356 e. The SMILES string of the molecule is O=C(O)c1cn2ccnc(NC3CCn4nnnc4C3)c2n1. The molecule has 0 saturated heterocycles. The third-order valence-corrected chi connectivity index (χ3v) is 3.66. The average Bonchev–Trinajstić information content (AvgIpc) is 3.13. The molecule has 0 amide bonds. The number of carboxylic acid groups (broad SMARTS) is 1. The molecule has 0 aliphatic carbocycles. The molecule has 0 saturated carbocycles. The lowest BCUT2D eigenvalue weighted by Crippen LogP contribution is -2.31. The van der Waals surface area contributed by atoms with Crippen LogP contribution in [0.2, 0.25) is 0 Å². The van der Waals surface area contributed by atoms with Crippen molar-refractivity contribution < 1.29 is 9.90 Å². The fourth-order valence-electron chi connectivity index (χ4n) is 2.58. The zero-order chi connectivity index (χ0) is 15.1. The summed E-state index contributed by atoms with van der Waals surface area (Å²) in [5.74, 6) is 0.317. The van der Waals surface area contributed by atoms with Crippen molar-refractivity contribution in [1.29, 1.82) is 0 Å². The van der Waals surface area contributed by atoms with E-state index in [2.05, 4.69) is 30.8 Å². The minimum absolute atomic E-state index is 0.0105. The van der Waals surface area contributed by atoms with Crippen molar-refractivity contribution in [1.82, 2.24) is 34.6 Å². The molecular weight excluding hydrogens is 288 g/mol. The summed E-state index contributed by atoms with van der Waals surface area (Å²) in [6, 6.07) is 0.127. The Kier molecular flexibility index (Phi) is 2.74. The fraction of sp³-hybridized carbons (Fsp3) is 0.333. The maximum absolute atomic E-state index is 11.0. The molecule has 10 nitrogen and oxygen atoms in total. The zero-order valence-electron chi connectivity index (χ0n) is 11.4. The van der Waals surface area contributed by atoms with E-state index in [1.54, 1.807) is 21.5 Å². The second kappa shape index (κ2) is 4.76. The summed E-state index contributed by atoms with van der Waals surface area (Å²) in [6.45, 7) is 0.734. The van der Waals surface area contributed by atoms with E-state index >= 15 is 0 Å². The van der Waals surface area contributed by atoms with Crippen molar-refractivity contribution in [2.75, 3.05) is 5.32 Å². The van der Waals surface area contributed by atoms with Crippen molar-refractivity contribution in [3.8, 4) is 0 Å². The summed E-state index contributed by atoms with van der Waals surface area (Å²) < 4.78 is 3.43. The lowest BCUT2D eigenvalue weighted by atomic mass is 10.1. The van der Waals surface area contributed by atoms with Crippen LogP contribution in [0.4, 0.5) is 5.82 Å². The smallest absolute Gasteiger partial charge is 0.356 e. The first-order valence-electron chi connectivity index (χ1n) is 6.79. The first-order chi connectivity index (χ1) is 10.7. The number of nitrogens with one attached hydrogen (secondary N) is 1. The number of aromatic nitrogens is 7.